The van der Waals surface area contributed by atoms with Gasteiger partial charge in [-0.05, 0) is 56.9 Å². The van der Waals surface area contributed by atoms with E-state index in [-0.39, 0.29) is 0 Å². The number of ether oxygens (including phenoxy) is 1. The molecular weight excluding hydrogens is 236 g/mol. The van der Waals surface area contributed by atoms with Crippen LogP contribution in [0.4, 0.5) is 0 Å². The van der Waals surface area contributed by atoms with Gasteiger partial charge in [0, 0.05) is 11.6 Å². The molecule has 0 amide bonds. The molecule has 0 aliphatic carbocycles. The molecule has 0 spiro atoms. The molecule has 3 heteroatoms. The first-order valence-electron chi connectivity index (χ1n) is 7.33. The van der Waals surface area contributed by atoms with Crippen LogP contribution in [0.15, 0.2) is 18.2 Å². The lowest BCUT2D eigenvalue weighted by atomic mass is 9.92. The molecule has 106 valence electrons. The third-order valence-electron chi connectivity index (χ3n) is 4.16. The lowest BCUT2D eigenvalue weighted by Gasteiger charge is -2.23. The first-order valence-corrected chi connectivity index (χ1v) is 7.33. The fraction of sp³-hybridized carbons (Fsp3) is 0.625. The smallest absolute Gasteiger partial charge is 0.123 e. The van der Waals surface area contributed by atoms with Crippen LogP contribution in [0.25, 0.3) is 0 Å². The minimum atomic E-state index is 0.381. The summed E-state index contributed by atoms with van der Waals surface area (Å²) in [7, 11) is 3.80. The van der Waals surface area contributed by atoms with Gasteiger partial charge in [0.15, 0.2) is 0 Å². The van der Waals surface area contributed by atoms with E-state index < -0.39 is 0 Å². The molecule has 2 unspecified atom stereocenters. The molecule has 1 aromatic rings. The SMILES string of the molecule is CCc1ccc(OC)c(C(CC2CCNC2)NC)c1. The Kier molecular flexibility index (Phi) is 5.23. The van der Waals surface area contributed by atoms with Crippen molar-refractivity contribution < 1.29 is 4.74 Å². The molecule has 19 heavy (non-hydrogen) atoms. The third kappa shape index (κ3) is 3.48. The molecule has 1 heterocycles. The summed E-state index contributed by atoms with van der Waals surface area (Å²) in [5.74, 6) is 1.77. The molecule has 2 N–H and O–H groups in total. The van der Waals surface area contributed by atoms with Crippen LogP contribution in [0.3, 0.4) is 0 Å². The summed E-state index contributed by atoms with van der Waals surface area (Å²) in [6.07, 6.45) is 3.53. The molecule has 0 radical (unpaired) electrons. The first kappa shape index (κ1) is 14.4. The number of hydrogen-bond acceptors (Lipinski definition) is 3. The maximum absolute atomic E-state index is 5.54. The lowest BCUT2D eigenvalue weighted by Crippen LogP contribution is -2.22. The molecule has 1 aliphatic rings. The fourth-order valence-electron chi connectivity index (χ4n) is 2.93. The standard InChI is InChI=1S/C16H26N2O/c1-4-12-5-6-16(19-3)14(9-12)15(17-2)10-13-7-8-18-11-13/h5-6,9,13,15,17-18H,4,7-8,10-11H2,1-3H3. The van der Waals surface area contributed by atoms with E-state index in [0.29, 0.717) is 6.04 Å². The molecule has 0 bridgehead atoms. The summed E-state index contributed by atoms with van der Waals surface area (Å²) < 4.78 is 5.54. The average Bonchev–Trinajstić information content (AvgIpc) is 2.97. The van der Waals surface area contributed by atoms with Crippen LogP contribution in [0, 0.1) is 5.92 Å². The maximum Gasteiger partial charge on any atom is 0.123 e. The van der Waals surface area contributed by atoms with E-state index >= 15 is 0 Å². The van der Waals surface area contributed by atoms with Crippen molar-refractivity contribution in [3.8, 4) is 5.75 Å². The van der Waals surface area contributed by atoms with Gasteiger partial charge >= 0.3 is 0 Å². The largest absolute Gasteiger partial charge is 0.496 e. The number of rotatable bonds is 6. The number of nitrogens with one attached hydrogen (secondary N) is 2. The van der Waals surface area contributed by atoms with E-state index in [1.165, 1.54) is 24.0 Å². The number of methoxy groups -OCH3 is 1. The van der Waals surface area contributed by atoms with Gasteiger partial charge in [0.1, 0.15) is 5.75 Å². The Labute approximate surface area is 116 Å². The zero-order chi connectivity index (χ0) is 13.7. The van der Waals surface area contributed by atoms with Gasteiger partial charge in [0.2, 0.25) is 0 Å². The summed E-state index contributed by atoms with van der Waals surface area (Å²) in [4.78, 5) is 0. The molecule has 0 aromatic heterocycles. The topological polar surface area (TPSA) is 33.3 Å². The van der Waals surface area contributed by atoms with Gasteiger partial charge in [-0.3, -0.25) is 0 Å². The molecule has 2 rings (SSSR count). The third-order valence-corrected chi connectivity index (χ3v) is 4.16. The highest BCUT2D eigenvalue weighted by Crippen LogP contribution is 2.31. The molecule has 1 saturated heterocycles. The Balaban J connectivity index is 2.19. The second kappa shape index (κ2) is 6.92. The van der Waals surface area contributed by atoms with Crippen molar-refractivity contribution >= 4 is 0 Å². The van der Waals surface area contributed by atoms with Crippen molar-refractivity contribution in [1.82, 2.24) is 10.6 Å². The van der Waals surface area contributed by atoms with Gasteiger partial charge < -0.3 is 15.4 Å². The van der Waals surface area contributed by atoms with E-state index in [0.717, 1.165) is 31.2 Å². The van der Waals surface area contributed by atoms with Gasteiger partial charge in [-0.2, -0.15) is 0 Å². The van der Waals surface area contributed by atoms with Crippen LogP contribution in [0.5, 0.6) is 5.75 Å². The number of benzene rings is 1. The van der Waals surface area contributed by atoms with E-state index in [1.54, 1.807) is 7.11 Å². The number of hydrogen-bond donors (Lipinski definition) is 2. The average molecular weight is 262 g/mol. The molecule has 1 fully saturated rings. The summed E-state index contributed by atoms with van der Waals surface area (Å²) in [6.45, 7) is 4.50. The minimum Gasteiger partial charge on any atom is -0.496 e. The Hall–Kier alpha value is -1.06. The van der Waals surface area contributed by atoms with Gasteiger partial charge in [-0.25, -0.2) is 0 Å². The summed E-state index contributed by atoms with van der Waals surface area (Å²) >= 11 is 0. The first-order chi connectivity index (χ1) is 9.28. The van der Waals surface area contributed by atoms with Crippen LogP contribution >= 0.6 is 0 Å². The molecular formula is C16H26N2O. The van der Waals surface area contributed by atoms with Crippen molar-refractivity contribution in [1.29, 1.82) is 0 Å². The van der Waals surface area contributed by atoms with Gasteiger partial charge in [0.05, 0.1) is 7.11 Å². The predicted octanol–water partition coefficient (Wildman–Crippen LogP) is 2.52. The van der Waals surface area contributed by atoms with Crippen molar-refractivity contribution in [2.75, 3.05) is 27.2 Å². The van der Waals surface area contributed by atoms with Gasteiger partial charge in [-0.1, -0.05) is 19.1 Å². The summed E-state index contributed by atoms with van der Waals surface area (Å²) in [6, 6.07) is 6.94. The predicted molar refractivity (Wildman–Crippen MR) is 79.8 cm³/mol. The van der Waals surface area contributed by atoms with E-state index in [2.05, 4.69) is 35.8 Å². The Morgan fingerprint density at radius 3 is 2.89 bits per heavy atom. The van der Waals surface area contributed by atoms with Crippen LogP contribution < -0.4 is 15.4 Å². The van der Waals surface area contributed by atoms with Crippen molar-refractivity contribution in [3.05, 3.63) is 29.3 Å². The van der Waals surface area contributed by atoms with Crippen molar-refractivity contribution in [3.63, 3.8) is 0 Å². The second-order valence-corrected chi connectivity index (χ2v) is 5.37. The Morgan fingerprint density at radius 2 is 2.32 bits per heavy atom. The Morgan fingerprint density at radius 1 is 1.47 bits per heavy atom. The highest BCUT2D eigenvalue weighted by molar-refractivity contribution is 5.39. The van der Waals surface area contributed by atoms with Crippen LogP contribution in [-0.4, -0.2) is 27.2 Å². The monoisotopic (exact) mass is 262 g/mol. The van der Waals surface area contributed by atoms with Gasteiger partial charge in [-0.15, -0.1) is 0 Å². The zero-order valence-corrected chi connectivity index (χ0v) is 12.3. The molecule has 2 atom stereocenters. The van der Waals surface area contributed by atoms with E-state index in [4.69, 9.17) is 4.74 Å². The molecule has 1 aliphatic heterocycles. The summed E-state index contributed by atoms with van der Waals surface area (Å²) in [5, 5.41) is 6.91. The van der Waals surface area contributed by atoms with Crippen molar-refractivity contribution in [2.45, 2.75) is 32.2 Å². The number of aryl methyl sites for hydroxylation is 1. The van der Waals surface area contributed by atoms with E-state index in [9.17, 15) is 0 Å². The fourth-order valence-corrected chi connectivity index (χ4v) is 2.93. The maximum atomic E-state index is 5.54. The van der Waals surface area contributed by atoms with Crippen molar-refractivity contribution in [2.24, 2.45) is 5.92 Å². The second-order valence-electron chi connectivity index (χ2n) is 5.37. The van der Waals surface area contributed by atoms with Crippen LogP contribution in [0.2, 0.25) is 0 Å². The molecule has 1 aromatic carbocycles. The highest BCUT2D eigenvalue weighted by Gasteiger charge is 2.22. The zero-order valence-electron chi connectivity index (χ0n) is 12.3. The van der Waals surface area contributed by atoms with Crippen LogP contribution in [0.1, 0.15) is 36.9 Å². The van der Waals surface area contributed by atoms with E-state index in [1.807, 2.05) is 7.05 Å². The van der Waals surface area contributed by atoms with Crippen LogP contribution in [-0.2, 0) is 6.42 Å². The molecule has 3 nitrogen and oxygen atoms in total. The Bertz CT molecular complexity index is 400. The quantitative estimate of drug-likeness (QED) is 0.826. The lowest BCUT2D eigenvalue weighted by molar-refractivity contribution is 0.383. The van der Waals surface area contributed by atoms with Gasteiger partial charge in [0.25, 0.3) is 0 Å². The normalized spacial score (nSPS) is 20.5. The minimum absolute atomic E-state index is 0.381. The molecule has 0 saturated carbocycles. The summed E-state index contributed by atoms with van der Waals surface area (Å²) in [5.41, 5.74) is 2.68. The highest BCUT2D eigenvalue weighted by atomic mass is 16.5.